The van der Waals surface area contributed by atoms with E-state index in [4.69, 9.17) is 0 Å². The number of pyridine rings is 1. The van der Waals surface area contributed by atoms with Gasteiger partial charge in [-0.25, -0.2) is 0 Å². The number of Topliss-reactive ketones (excluding diaryl/α,β-unsaturated/α-hetero) is 1. The number of rotatable bonds is 2. The van der Waals surface area contributed by atoms with Crippen LogP contribution in [0.25, 0.3) is 10.9 Å². The highest BCUT2D eigenvalue weighted by molar-refractivity contribution is 6.09. The first-order valence-corrected chi connectivity index (χ1v) is 6.97. The minimum absolute atomic E-state index is 0.0340. The van der Waals surface area contributed by atoms with Crippen molar-refractivity contribution in [2.75, 3.05) is 6.54 Å². The first-order valence-electron chi connectivity index (χ1n) is 6.97. The van der Waals surface area contributed by atoms with Gasteiger partial charge in [0.2, 0.25) is 0 Å². The second-order valence-electron chi connectivity index (χ2n) is 5.10. The SMILES string of the molecule is O=C(c1cccc2ncccc12)C1CCCCCN1. The Bertz CT molecular complexity index is 581. The number of carbonyl (C=O) groups is 1. The molecule has 3 rings (SSSR count). The van der Waals surface area contributed by atoms with Gasteiger partial charge in [-0.2, -0.15) is 0 Å². The maximum Gasteiger partial charge on any atom is 0.180 e. The third kappa shape index (κ3) is 2.51. The average Bonchev–Trinajstić information content (AvgIpc) is 2.75. The van der Waals surface area contributed by atoms with E-state index < -0.39 is 0 Å². The van der Waals surface area contributed by atoms with E-state index in [0.717, 1.165) is 35.9 Å². The number of aromatic nitrogens is 1. The standard InChI is InChI=1S/C16H18N2O/c19-16(15-8-2-1-3-10-18-15)13-6-4-9-14-12(13)7-5-11-17-14/h4-7,9,11,15,18H,1-3,8,10H2. The van der Waals surface area contributed by atoms with Gasteiger partial charge in [-0.1, -0.05) is 31.0 Å². The lowest BCUT2D eigenvalue weighted by Gasteiger charge is -2.15. The fraction of sp³-hybridized carbons (Fsp3) is 0.375. The lowest BCUT2D eigenvalue weighted by Crippen LogP contribution is -2.36. The number of hydrogen-bond acceptors (Lipinski definition) is 3. The van der Waals surface area contributed by atoms with Crippen LogP contribution in [0.5, 0.6) is 0 Å². The van der Waals surface area contributed by atoms with Gasteiger partial charge < -0.3 is 5.32 Å². The molecule has 1 atom stereocenters. The van der Waals surface area contributed by atoms with Gasteiger partial charge in [0, 0.05) is 17.1 Å². The second kappa shape index (κ2) is 5.49. The molecule has 0 radical (unpaired) electrons. The number of carbonyl (C=O) groups excluding carboxylic acids is 1. The molecular weight excluding hydrogens is 236 g/mol. The Hall–Kier alpha value is -1.74. The van der Waals surface area contributed by atoms with Gasteiger partial charge in [-0.15, -0.1) is 0 Å². The summed E-state index contributed by atoms with van der Waals surface area (Å²) in [5, 5.41) is 4.33. The summed E-state index contributed by atoms with van der Waals surface area (Å²) in [5.41, 5.74) is 1.69. The third-order valence-corrected chi connectivity index (χ3v) is 3.79. The number of ketones is 1. The van der Waals surface area contributed by atoms with Gasteiger partial charge in [0.1, 0.15) is 0 Å². The largest absolute Gasteiger partial charge is 0.307 e. The maximum absolute atomic E-state index is 12.7. The Kier molecular flexibility index (Phi) is 3.56. The van der Waals surface area contributed by atoms with E-state index in [9.17, 15) is 4.79 Å². The van der Waals surface area contributed by atoms with Crippen LogP contribution in [0.15, 0.2) is 36.5 Å². The van der Waals surface area contributed by atoms with Crippen LogP contribution in [0.4, 0.5) is 0 Å². The van der Waals surface area contributed by atoms with Gasteiger partial charge in [0.15, 0.2) is 5.78 Å². The highest BCUT2D eigenvalue weighted by Gasteiger charge is 2.22. The lowest BCUT2D eigenvalue weighted by atomic mass is 9.97. The van der Waals surface area contributed by atoms with Gasteiger partial charge in [0.25, 0.3) is 0 Å². The van der Waals surface area contributed by atoms with Crippen molar-refractivity contribution in [3.8, 4) is 0 Å². The van der Waals surface area contributed by atoms with E-state index in [2.05, 4.69) is 10.3 Å². The Balaban J connectivity index is 1.96. The molecular formula is C16H18N2O. The van der Waals surface area contributed by atoms with Crippen LogP contribution in [0.2, 0.25) is 0 Å². The summed E-state index contributed by atoms with van der Waals surface area (Å²) < 4.78 is 0. The van der Waals surface area contributed by atoms with Crippen LogP contribution < -0.4 is 5.32 Å². The fourth-order valence-corrected chi connectivity index (χ4v) is 2.76. The predicted molar refractivity (Wildman–Crippen MR) is 76.3 cm³/mol. The molecule has 1 aromatic carbocycles. The van der Waals surface area contributed by atoms with Crippen LogP contribution in [0.1, 0.15) is 36.0 Å². The molecule has 2 heterocycles. The smallest absolute Gasteiger partial charge is 0.180 e. The molecule has 19 heavy (non-hydrogen) atoms. The zero-order valence-corrected chi connectivity index (χ0v) is 10.9. The van der Waals surface area contributed by atoms with E-state index in [1.807, 2.05) is 30.3 Å². The molecule has 1 unspecified atom stereocenters. The highest BCUT2D eigenvalue weighted by atomic mass is 16.1. The van der Waals surface area contributed by atoms with Crippen LogP contribution in [0, 0.1) is 0 Å². The van der Waals surface area contributed by atoms with Crippen LogP contribution in [-0.2, 0) is 0 Å². The Labute approximate surface area is 113 Å². The molecule has 2 aromatic rings. The Morgan fingerprint density at radius 1 is 1.16 bits per heavy atom. The topological polar surface area (TPSA) is 42.0 Å². The molecule has 3 nitrogen and oxygen atoms in total. The molecule has 1 aliphatic rings. The van der Waals surface area contributed by atoms with Gasteiger partial charge in [-0.05, 0) is 31.5 Å². The first kappa shape index (κ1) is 12.3. The van der Waals surface area contributed by atoms with E-state index in [1.54, 1.807) is 6.20 Å². The number of nitrogens with zero attached hydrogens (tertiary/aromatic N) is 1. The molecule has 0 aliphatic carbocycles. The number of fused-ring (bicyclic) bond motifs is 1. The molecule has 1 aromatic heterocycles. The second-order valence-corrected chi connectivity index (χ2v) is 5.10. The summed E-state index contributed by atoms with van der Waals surface area (Å²) in [6.45, 7) is 0.944. The Morgan fingerprint density at radius 3 is 3.05 bits per heavy atom. The summed E-state index contributed by atoms with van der Waals surface area (Å²) in [6.07, 6.45) is 6.22. The maximum atomic E-state index is 12.7. The van der Waals surface area contributed by atoms with Crippen molar-refractivity contribution in [1.29, 1.82) is 0 Å². The van der Waals surface area contributed by atoms with Crippen LogP contribution in [0.3, 0.4) is 0 Å². The van der Waals surface area contributed by atoms with E-state index in [0.29, 0.717) is 0 Å². The highest BCUT2D eigenvalue weighted by Crippen LogP contribution is 2.20. The lowest BCUT2D eigenvalue weighted by molar-refractivity contribution is 0.0942. The van der Waals surface area contributed by atoms with Crippen molar-refractivity contribution in [2.24, 2.45) is 0 Å². The zero-order chi connectivity index (χ0) is 13.1. The predicted octanol–water partition coefficient (Wildman–Crippen LogP) is 2.95. The summed E-state index contributed by atoms with van der Waals surface area (Å²) in [6, 6.07) is 9.62. The molecule has 0 spiro atoms. The minimum atomic E-state index is -0.0340. The monoisotopic (exact) mass is 254 g/mol. The number of hydrogen-bond donors (Lipinski definition) is 1. The van der Waals surface area contributed by atoms with Crippen LogP contribution >= 0.6 is 0 Å². The Morgan fingerprint density at radius 2 is 2.11 bits per heavy atom. The summed E-state index contributed by atoms with van der Waals surface area (Å²) in [5.74, 6) is 0.209. The molecule has 0 saturated carbocycles. The molecule has 3 heteroatoms. The normalized spacial score (nSPS) is 20.1. The van der Waals surface area contributed by atoms with Gasteiger partial charge >= 0.3 is 0 Å². The molecule has 0 amide bonds. The first-order chi connectivity index (χ1) is 9.36. The molecule has 1 aliphatic heterocycles. The molecule has 0 bridgehead atoms. The molecule has 1 saturated heterocycles. The van der Waals surface area contributed by atoms with Crippen molar-refractivity contribution >= 4 is 16.7 Å². The number of nitrogens with one attached hydrogen (secondary N) is 1. The minimum Gasteiger partial charge on any atom is -0.307 e. The van der Waals surface area contributed by atoms with E-state index >= 15 is 0 Å². The van der Waals surface area contributed by atoms with E-state index in [-0.39, 0.29) is 11.8 Å². The molecule has 98 valence electrons. The fourth-order valence-electron chi connectivity index (χ4n) is 2.76. The summed E-state index contributed by atoms with van der Waals surface area (Å²) in [4.78, 5) is 17.0. The van der Waals surface area contributed by atoms with Gasteiger partial charge in [-0.3, -0.25) is 9.78 Å². The zero-order valence-electron chi connectivity index (χ0n) is 10.9. The van der Waals surface area contributed by atoms with Crippen molar-refractivity contribution in [2.45, 2.75) is 31.7 Å². The van der Waals surface area contributed by atoms with E-state index in [1.165, 1.54) is 12.8 Å². The summed E-state index contributed by atoms with van der Waals surface area (Å²) >= 11 is 0. The van der Waals surface area contributed by atoms with Gasteiger partial charge in [0.05, 0.1) is 11.6 Å². The number of benzene rings is 1. The molecule has 1 N–H and O–H groups in total. The van der Waals surface area contributed by atoms with Crippen molar-refractivity contribution in [1.82, 2.24) is 10.3 Å². The van der Waals surface area contributed by atoms with Crippen molar-refractivity contribution in [3.63, 3.8) is 0 Å². The van der Waals surface area contributed by atoms with Crippen LogP contribution in [-0.4, -0.2) is 23.4 Å². The summed E-state index contributed by atoms with van der Waals surface area (Å²) in [7, 11) is 0. The van der Waals surface area contributed by atoms with Crippen molar-refractivity contribution in [3.05, 3.63) is 42.1 Å². The average molecular weight is 254 g/mol. The molecule has 1 fully saturated rings. The van der Waals surface area contributed by atoms with Crippen molar-refractivity contribution < 1.29 is 4.79 Å². The quantitative estimate of drug-likeness (QED) is 0.838. The third-order valence-electron chi connectivity index (χ3n) is 3.79.